The maximum atomic E-state index is 4.25. The van der Waals surface area contributed by atoms with Crippen LogP contribution < -0.4 is 0 Å². The van der Waals surface area contributed by atoms with Crippen molar-refractivity contribution in [2.75, 3.05) is 0 Å². The van der Waals surface area contributed by atoms with Gasteiger partial charge in [-0.05, 0) is 17.7 Å². The van der Waals surface area contributed by atoms with Crippen LogP contribution in [0.5, 0.6) is 0 Å². The predicted octanol–water partition coefficient (Wildman–Crippen LogP) is 2.48. The zero-order valence-electron chi connectivity index (χ0n) is 6.83. The molecule has 0 spiro atoms. The predicted molar refractivity (Wildman–Crippen MR) is 47.6 cm³/mol. The van der Waals surface area contributed by atoms with Gasteiger partial charge in [-0.2, -0.15) is 0 Å². The van der Waals surface area contributed by atoms with E-state index in [4.69, 9.17) is 0 Å². The summed E-state index contributed by atoms with van der Waals surface area (Å²) in [6.07, 6.45) is 10.3. The van der Waals surface area contributed by atoms with Gasteiger partial charge >= 0.3 is 0 Å². The van der Waals surface area contributed by atoms with E-state index in [-0.39, 0.29) is 5.41 Å². The second-order valence-electron chi connectivity index (χ2n) is 3.49. The summed E-state index contributed by atoms with van der Waals surface area (Å²) >= 11 is 0. The lowest BCUT2D eigenvalue weighted by Gasteiger charge is -2.25. The van der Waals surface area contributed by atoms with Crippen LogP contribution in [-0.2, 0) is 0 Å². The van der Waals surface area contributed by atoms with Crippen molar-refractivity contribution in [2.24, 2.45) is 10.4 Å². The first-order valence-corrected chi connectivity index (χ1v) is 3.85. The Bertz CT molecular complexity index is 301. The molecule has 0 unspecified atom stereocenters. The molecule has 0 atom stereocenters. The minimum absolute atomic E-state index is 0.167. The van der Waals surface area contributed by atoms with Crippen molar-refractivity contribution >= 4 is 6.21 Å². The number of aliphatic imine (C=N–C) groups is 1. The van der Waals surface area contributed by atoms with Crippen LogP contribution in [0.4, 0.5) is 0 Å². The van der Waals surface area contributed by atoms with E-state index in [0.29, 0.717) is 0 Å². The molecular formula is C10H11N. The van der Waals surface area contributed by atoms with E-state index in [1.165, 1.54) is 5.57 Å². The van der Waals surface area contributed by atoms with E-state index in [2.05, 4.69) is 43.1 Å². The lowest BCUT2D eigenvalue weighted by atomic mass is 9.80. The van der Waals surface area contributed by atoms with Crippen molar-refractivity contribution in [3.05, 3.63) is 35.6 Å². The van der Waals surface area contributed by atoms with Gasteiger partial charge in [-0.3, -0.25) is 4.99 Å². The molecule has 0 aromatic carbocycles. The van der Waals surface area contributed by atoms with Gasteiger partial charge in [0.1, 0.15) is 0 Å². The smallest absolute Gasteiger partial charge is 0.0670 e. The van der Waals surface area contributed by atoms with Crippen LogP contribution in [0.1, 0.15) is 13.8 Å². The van der Waals surface area contributed by atoms with Crippen LogP contribution in [0.3, 0.4) is 0 Å². The first kappa shape index (κ1) is 6.59. The summed E-state index contributed by atoms with van der Waals surface area (Å²) in [6, 6.07) is 0. The largest absolute Gasteiger partial charge is 0.257 e. The van der Waals surface area contributed by atoms with Gasteiger partial charge in [-0.25, -0.2) is 0 Å². The molecule has 1 heteroatoms. The van der Waals surface area contributed by atoms with Gasteiger partial charge in [0.05, 0.1) is 5.70 Å². The van der Waals surface area contributed by atoms with Crippen molar-refractivity contribution < 1.29 is 0 Å². The standard InChI is InChI=1S/C10H11N/c1-10(2)6-3-4-9-8(10)5-7-11-9/h3-7H,1-2H3. The van der Waals surface area contributed by atoms with Gasteiger partial charge in [0, 0.05) is 11.6 Å². The lowest BCUT2D eigenvalue weighted by molar-refractivity contribution is 0.584. The van der Waals surface area contributed by atoms with Crippen LogP contribution >= 0.6 is 0 Å². The first-order valence-electron chi connectivity index (χ1n) is 3.85. The molecule has 0 saturated heterocycles. The highest BCUT2D eigenvalue weighted by Crippen LogP contribution is 2.38. The minimum atomic E-state index is 0.167. The molecule has 0 radical (unpaired) electrons. The molecule has 0 aromatic heterocycles. The van der Waals surface area contributed by atoms with Crippen molar-refractivity contribution in [2.45, 2.75) is 13.8 Å². The molecule has 0 N–H and O–H groups in total. The van der Waals surface area contributed by atoms with E-state index in [1.54, 1.807) is 0 Å². The Morgan fingerprint density at radius 1 is 1.27 bits per heavy atom. The molecule has 1 heterocycles. The fourth-order valence-corrected chi connectivity index (χ4v) is 1.49. The summed E-state index contributed by atoms with van der Waals surface area (Å²) in [7, 11) is 0. The van der Waals surface area contributed by atoms with Crippen molar-refractivity contribution in [1.29, 1.82) is 0 Å². The highest BCUT2D eigenvalue weighted by Gasteiger charge is 2.26. The Kier molecular flexibility index (Phi) is 1.16. The third-order valence-electron chi connectivity index (χ3n) is 2.19. The van der Waals surface area contributed by atoms with Gasteiger partial charge in [0.15, 0.2) is 0 Å². The van der Waals surface area contributed by atoms with Crippen LogP contribution in [0.2, 0.25) is 0 Å². The number of hydrogen-bond donors (Lipinski definition) is 0. The van der Waals surface area contributed by atoms with Crippen LogP contribution in [0, 0.1) is 5.41 Å². The van der Waals surface area contributed by atoms with Crippen molar-refractivity contribution in [3.63, 3.8) is 0 Å². The highest BCUT2D eigenvalue weighted by molar-refractivity contribution is 5.81. The number of fused-ring (bicyclic) bond motifs is 1. The highest BCUT2D eigenvalue weighted by atomic mass is 14.8. The summed E-state index contributed by atoms with van der Waals surface area (Å²) in [4.78, 5) is 4.25. The maximum absolute atomic E-state index is 4.25. The summed E-state index contributed by atoms with van der Waals surface area (Å²) < 4.78 is 0. The van der Waals surface area contributed by atoms with E-state index < -0.39 is 0 Å². The average molecular weight is 145 g/mol. The molecule has 1 nitrogen and oxygen atoms in total. The molecule has 0 amide bonds. The van der Waals surface area contributed by atoms with Gasteiger partial charge in [-0.1, -0.05) is 26.0 Å². The molecule has 1 aliphatic carbocycles. The SMILES string of the molecule is CC1(C)C=CC=C2N=CC=C21. The fraction of sp³-hybridized carbons (Fsp3) is 0.300. The van der Waals surface area contributed by atoms with Gasteiger partial charge in [-0.15, -0.1) is 0 Å². The molecular weight excluding hydrogens is 134 g/mol. The van der Waals surface area contributed by atoms with E-state index >= 15 is 0 Å². The van der Waals surface area contributed by atoms with E-state index in [0.717, 1.165) is 5.70 Å². The third-order valence-corrected chi connectivity index (χ3v) is 2.19. The monoisotopic (exact) mass is 145 g/mol. The van der Waals surface area contributed by atoms with Crippen LogP contribution in [0.25, 0.3) is 0 Å². The van der Waals surface area contributed by atoms with Crippen LogP contribution in [-0.4, -0.2) is 6.21 Å². The van der Waals surface area contributed by atoms with Crippen LogP contribution in [0.15, 0.2) is 40.6 Å². The number of hydrogen-bond acceptors (Lipinski definition) is 1. The quantitative estimate of drug-likeness (QED) is 0.496. The zero-order chi connectivity index (χ0) is 7.90. The summed E-state index contributed by atoms with van der Waals surface area (Å²) in [5.74, 6) is 0. The summed E-state index contributed by atoms with van der Waals surface area (Å²) in [6.45, 7) is 4.41. The fourth-order valence-electron chi connectivity index (χ4n) is 1.49. The van der Waals surface area contributed by atoms with E-state index in [1.807, 2.05) is 6.21 Å². The maximum Gasteiger partial charge on any atom is 0.0670 e. The Balaban J connectivity index is 2.51. The topological polar surface area (TPSA) is 12.4 Å². The molecule has 56 valence electrons. The third kappa shape index (κ3) is 0.881. The second kappa shape index (κ2) is 1.94. The van der Waals surface area contributed by atoms with Gasteiger partial charge < -0.3 is 0 Å². The Morgan fingerprint density at radius 3 is 2.82 bits per heavy atom. The molecule has 2 rings (SSSR count). The molecule has 0 aromatic rings. The Labute approximate surface area is 66.8 Å². The Hall–Kier alpha value is -1.11. The number of allylic oxidation sites excluding steroid dienone is 5. The zero-order valence-corrected chi connectivity index (χ0v) is 6.83. The summed E-state index contributed by atoms with van der Waals surface area (Å²) in [5.41, 5.74) is 2.62. The normalized spacial score (nSPS) is 24.5. The van der Waals surface area contributed by atoms with Crippen molar-refractivity contribution in [1.82, 2.24) is 0 Å². The van der Waals surface area contributed by atoms with Gasteiger partial charge in [0.25, 0.3) is 0 Å². The molecule has 1 aliphatic heterocycles. The second-order valence-corrected chi connectivity index (χ2v) is 3.49. The summed E-state index contributed by atoms with van der Waals surface area (Å²) in [5, 5.41) is 0. The van der Waals surface area contributed by atoms with Crippen molar-refractivity contribution in [3.8, 4) is 0 Å². The van der Waals surface area contributed by atoms with Gasteiger partial charge in [0.2, 0.25) is 0 Å². The minimum Gasteiger partial charge on any atom is -0.257 e. The Morgan fingerprint density at radius 2 is 2.09 bits per heavy atom. The lowest BCUT2D eigenvalue weighted by Crippen LogP contribution is -2.13. The molecule has 2 aliphatic rings. The number of nitrogens with zero attached hydrogens (tertiary/aromatic N) is 1. The molecule has 0 saturated carbocycles. The van der Waals surface area contributed by atoms with E-state index in [9.17, 15) is 0 Å². The molecule has 0 bridgehead atoms. The molecule has 11 heavy (non-hydrogen) atoms. The number of rotatable bonds is 0. The first-order chi connectivity index (χ1) is 5.20. The molecule has 0 fully saturated rings. The average Bonchev–Trinajstić information content (AvgIpc) is 2.34.